The first-order valence-electron chi connectivity index (χ1n) is 15.7. The molecule has 2 heterocycles. The highest BCUT2D eigenvalue weighted by Gasteiger charge is 2.39. The van der Waals surface area contributed by atoms with E-state index in [0.717, 1.165) is 94.6 Å². The molecule has 44 heavy (non-hydrogen) atoms. The monoisotopic (exact) mass is 603 g/mol. The lowest BCUT2D eigenvalue weighted by atomic mass is 9.69. The summed E-state index contributed by atoms with van der Waals surface area (Å²) in [6.07, 6.45) is 12.2. The Balaban J connectivity index is 1.26. The van der Waals surface area contributed by atoms with E-state index in [-0.39, 0.29) is 28.2 Å². The summed E-state index contributed by atoms with van der Waals surface area (Å²) in [5.74, 6) is -2.02. The number of piperidine rings is 1. The summed E-state index contributed by atoms with van der Waals surface area (Å²) >= 11 is 0. The predicted octanol–water partition coefficient (Wildman–Crippen LogP) is 7.11. The second-order valence-corrected chi connectivity index (χ2v) is 12.6. The molecule has 0 radical (unpaired) electrons. The Morgan fingerprint density at radius 3 is 2.11 bits per heavy atom. The molecule has 3 aromatic rings. The van der Waals surface area contributed by atoms with Crippen LogP contribution in [0, 0.1) is 12.3 Å². The van der Waals surface area contributed by atoms with E-state index in [2.05, 4.69) is 5.43 Å². The summed E-state index contributed by atoms with van der Waals surface area (Å²) in [5.41, 5.74) is 6.24. The molecule has 5 rings (SSSR count). The maximum absolute atomic E-state index is 13.5. The van der Waals surface area contributed by atoms with E-state index in [0.29, 0.717) is 17.0 Å². The lowest BCUT2D eigenvalue weighted by Crippen LogP contribution is -2.63. The van der Waals surface area contributed by atoms with E-state index >= 15 is 0 Å². The number of hydrogen-bond acceptors (Lipinski definition) is 5. The molecule has 0 atom stereocenters. The Labute approximate surface area is 258 Å². The van der Waals surface area contributed by atoms with E-state index < -0.39 is 11.9 Å². The smallest absolute Gasteiger partial charge is 0.335 e. The van der Waals surface area contributed by atoms with Crippen LogP contribution in [0.15, 0.2) is 59.2 Å². The Bertz CT molecular complexity index is 1430. The number of amides is 1. The summed E-state index contributed by atoms with van der Waals surface area (Å²) in [6.45, 7) is 4.98. The number of carbonyl (C=O) groups excluding carboxylic acids is 1. The van der Waals surface area contributed by atoms with Crippen LogP contribution >= 0.6 is 0 Å². The summed E-state index contributed by atoms with van der Waals surface area (Å²) in [7, 11) is 0. The average Bonchev–Trinajstić information content (AvgIpc) is 3.52. The lowest BCUT2D eigenvalue weighted by molar-refractivity contribution is -0.965. The topological polar surface area (TPSA) is 126 Å². The fraction of sp³-hybridized carbons (Fsp3) is 0.457. The molecule has 3 N–H and O–H groups in total. The van der Waals surface area contributed by atoms with Gasteiger partial charge in [-0.05, 0) is 80.7 Å². The van der Waals surface area contributed by atoms with Crippen LogP contribution in [0.5, 0.6) is 5.75 Å². The molecule has 9 nitrogen and oxygen atoms in total. The number of aromatic carboxylic acids is 2. The van der Waals surface area contributed by atoms with Gasteiger partial charge in [-0.2, -0.15) is 5.43 Å². The maximum atomic E-state index is 13.5. The third-order valence-electron chi connectivity index (χ3n) is 9.51. The van der Waals surface area contributed by atoms with E-state index in [1.54, 1.807) is 6.26 Å². The molecule has 2 aliphatic rings. The van der Waals surface area contributed by atoms with Gasteiger partial charge in [0.15, 0.2) is 5.76 Å². The van der Waals surface area contributed by atoms with Gasteiger partial charge in [-0.3, -0.25) is 4.79 Å². The van der Waals surface area contributed by atoms with E-state index in [1.807, 2.05) is 37.3 Å². The molecule has 0 spiro atoms. The number of hydrogen-bond donors (Lipinski definition) is 3. The summed E-state index contributed by atoms with van der Waals surface area (Å²) < 4.78 is 12.3. The van der Waals surface area contributed by atoms with E-state index in [1.165, 1.54) is 24.1 Å². The highest BCUT2D eigenvalue weighted by atomic mass is 16.5. The zero-order chi connectivity index (χ0) is 31.2. The standard InChI is InChI=1S/C35H42N2O7/c1-25-8-10-26(11-9-25)29-23-31(44-24-29)32(38)36-37(16-6-3-7-17-37)18-14-35(12-4-2-5-13-35)15-19-43-30-21-27(33(39)40)20-28(22-30)34(41)42/h8-11,20-24H,2-7,12-19H2,1H3,(H2-,36,38,39,40,41,42)/p+1. The van der Waals surface area contributed by atoms with E-state index in [4.69, 9.17) is 9.15 Å². The molecular formula is C35H43N2O7+. The van der Waals surface area contributed by atoms with Crippen molar-refractivity contribution in [2.45, 2.75) is 71.1 Å². The maximum Gasteiger partial charge on any atom is 0.335 e. The van der Waals surface area contributed by atoms with Gasteiger partial charge in [-0.15, -0.1) is 0 Å². The van der Waals surface area contributed by atoms with Crippen LogP contribution in [0.4, 0.5) is 0 Å². The van der Waals surface area contributed by atoms with Gasteiger partial charge in [0.05, 0.1) is 24.0 Å². The highest BCUT2D eigenvalue weighted by Crippen LogP contribution is 2.43. The number of ether oxygens (including phenoxy) is 1. The summed E-state index contributed by atoms with van der Waals surface area (Å²) in [4.78, 5) is 36.6. The molecule has 0 unspecified atom stereocenters. The van der Waals surface area contributed by atoms with Crippen molar-refractivity contribution in [3.63, 3.8) is 0 Å². The molecule has 1 aliphatic heterocycles. The van der Waals surface area contributed by atoms with Crippen molar-refractivity contribution in [3.8, 4) is 16.9 Å². The molecule has 2 fully saturated rings. The van der Waals surface area contributed by atoms with Crippen molar-refractivity contribution >= 4 is 17.8 Å². The molecule has 1 aromatic heterocycles. The second kappa shape index (κ2) is 13.7. The number of rotatable bonds is 12. The van der Waals surface area contributed by atoms with Gasteiger partial charge in [-0.1, -0.05) is 49.1 Å². The van der Waals surface area contributed by atoms with Crippen molar-refractivity contribution in [3.05, 3.63) is 77.2 Å². The van der Waals surface area contributed by atoms with Crippen molar-refractivity contribution in [2.24, 2.45) is 5.41 Å². The average molecular weight is 604 g/mol. The van der Waals surface area contributed by atoms with Gasteiger partial charge >= 0.3 is 17.8 Å². The number of furan rings is 1. The summed E-state index contributed by atoms with van der Waals surface area (Å²) in [6, 6.07) is 13.9. The number of benzene rings is 2. The van der Waals surface area contributed by atoms with Gasteiger partial charge in [0, 0.05) is 12.0 Å². The molecular weight excluding hydrogens is 560 g/mol. The molecule has 1 saturated carbocycles. The molecule has 9 heteroatoms. The Morgan fingerprint density at radius 2 is 1.48 bits per heavy atom. The van der Waals surface area contributed by atoms with Crippen LogP contribution in [0.2, 0.25) is 0 Å². The predicted molar refractivity (Wildman–Crippen MR) is 166 cm³/mol. The molecule has 1 saturated heterocycles. The van der Waals surface area contributed by atoms with Gasteiger partial charge in [0.25, 0.3) is 0 Å². The van der Waals surface area contributed by atoms with Crippen molar-refractivity contribution in [1.82, 2.24) is 5.43 Å². The number of aryl methyl sites for hydroxylation is 1. The minimum atomic E-state index is -1.19. The number of carboxylic acid groups (broad SMARTS) is 2. The van der Waals surface area contributed by atoms with Crippen LogP contribution in [-0.2, 0) is 0 Å². The number of likely N-dealkylation sites (tertiary alicyclic amines) is 1. The molecule has 1 amide bonds. The third kappa shape index (κ3) is 7.69. The first-order chi connectivity index (χ1) is 21.2. The number of nitrogens with one attached hydrogen (secondary N) is 1. The van der Waals surface area contributed by atoms with Crippen molar-refractivity contribution in [2.75, 3.05) is 26.2 Å². The van der Waals surface area contributed by atoms with Crippen LogP contribution < -0.4 is 10.2 Å². The number of carbonyl (C=O) groups is 3. The Morgan fingerprint density at radius 1 is 0.841 bits per heavy atom. The fourth-order valence-electron chi connectivity index (χ4n) is 6.82. The van der Waals surface area contributed by atoms with Crippen LogP contribution in [-0.4, -0.2) is 58.9 Å². The zero-order valence-corrected chi connectivity index (χ0v) is 25.5. The number of quaternary nitrogens is 1. The summed E-state index contributed by atoms with van der Waals surface area (Å²) in [5, 5.41) is 18.8. The quantitative estimate of drug-likeness (QED) is 0.188. The lowest BCUT2D eigenvalue weighted by Gasteiger charge is -2.44. The largest absolute Gasteiger partial charge is 0.494 e. The van der Waals surface area contributed by atoms with Crippen LogP contribution in [0.1, 0.15) is 101 Å². The Kier molecular flexibility index (Phi) is 9.74. The van der Waals surface area contributed by atoms with E-state index in [9.17, 15) is 24.6 Å². The zero-order valence-electron chi connectivity index (χ0n) is 25.5. The van der Waals surface area contributed by atoms with Gasteiger partial charge in [0.1, 0.15) is 25.4 Å². The molecule has 234 valence electrons. The Hall–Kier alpha value is -4.11. The van der Waals surface area contributed by atoms with Crippen molar-refractivity contribution in [1.29, 1.82) is 0 Å². The van der Waals surface area contributed by atoms with Crippen molar-refractivity contribution < 1.29 is 38.3 Å². The first kappa shape index (κ1) is 31.3. The van der Waals surface area contributed by atoms with Gasteiger partial charge < -0.3 is 19.4 Å². The SMILES string of the molecule is Cc1ccc(-c2coc(C(=O)N[N+]3(CCC4(CCOc5cc(C(=O)O)cc(C(=O)O)c5)CCCCC4)CCCCC3)c2)cc1. The third-order valence-corrected chi connectivity index (χ3v) is 9.51. The first-order valence-corrected chi connectivity index (χ1v) is 15.7. The van der Waals surface area contributed by atoms with Crippen LogP contribution in [0.25, 0.3) is 11.1 Å². The van der Waals surface area contributed by atoms with Crippen LogP contribution in [0.3, 0.4) is 0 Å². The second-order valence-electron chi connectivity index (χ2n) is 12.6. The minimum absolute atomic E-state index is 0.0367. The molecule has 2 aromatic carbocycles. The normalized spacial score (nSPS) is 17.5. The number of carboxylic acids is 2. The van der Waals surface area contributed by atoms with Gasteiger partial charge in [-0.25, -0.2) is 14.2 Å². The minimum Gasteiger partial charge on any atom is -0.494 e. The van der Waals surface area contributed by atoms with Gasteiger partial charge in [0.2, 0.25) is 0 Å². The number of nitrogens with zero attached hydrogens (tertiary/aromatic N) is 1. The molecule has 1 aliphatic carbocycles. The molecule has 0 bridgehead atoms. The fourth-order valence-corrected chi connectivity index (χ4v) is 6.82. The highest BCUT2D eigenvalue weighted by molar-refractivity contribution is 5.94.